The first-order chi connectivity index (χ1) is 7.83. The van der Waals surface area contributed by atoms with E-state index >= 15 is 0 Å². The topological polar surface area (TPSA) is 71.4 Å². The lowest BCUT2D eigenvalue weighted by atomic mass is 10.1. The van der Waals surface area contributed by atoms with Crippen molar-refractivity contribution in [3.63, 3.8) is 0 Å². The summed E-state index contributed by atoms with van der Waals surface area (Å²) >= 11 is 0. The van der Waals surface area contributed by atoms with Crippen molar-refractivity contribution in [1.29, 1.82) is 0 Å². The van der Waals surface area contributed by atoms with Gasteiger partial charge in [0.25, 0.3) is 0 Å². The second-order valence-corrected chi connectivity index (χ2v) is 6.56. The molecule has 0 bridgehead atoms. The molecule has 0 aromatic heterocycles. The third kappa shape index (κ3) is 3.85. The lowest BCUT2D eigenvalue weighted by Crippen LogP contribution is -2.23. The largest absolute Gasteiger partial charge is 0.481 e. The molecule has 0 heterocycles. The average molecular weight is 256 g/mol. The molecule has 0 radical (unpaired) electrons. The molecule has 1 aromatic carbocycles. The minimum Gasteiger partial charge on any atom is -0.481 e. The minimum atomic E-state index is -3.41. The summed E-state index contributed by atoms with van der Waals surface area (Å²) < 4.78 is 23.8. The van der Waals surface area contributed by atoms with E-state index in [9.17, 15) is 13.2 Å². The van der Waals surface area contributed by atoms with Crippen molar-refractivity contribution < 1.29 is 18.3 Å². The van der Waals surface area contributed by atoms with Gasteiger partial charge in [-0.15, -0.1) is 0 Å². The minimum absolute atomic E-state index is 0.103. The first-order valence-electron chi connectivity index (χ1n) is 5.31. The Balaban J connectivity index is 2.87. The maximum atomic E-state index is 11.9. The molecule has 1 aromatic rings. The van der Waals surface area contributed by atoms with E-state index in [1.54, 1.807) is 12.1 Å². The summed E-state index contributed by atoms with van der Waals surface area (Å²) in [5.41, 5.74) is 1.63. The van der Waals surface area contributed by atoms with Crippen molar-refractivity contribution in [2.75, 3.05) is 0 Å². The Labute approximate surface area is 101 Å². The van der Waals surface area contributed by atoms with Crippen LogP contribution in [0.4, 0.5) is 0 Å². The van der Waals surface area contributed by atoms with Crippen LogP contribution in [0.1, 0.15) is 24.5 Å². The summed E-state index contributed by atoms with van der Waals surface area (Å²) in [5.74, 6) is -1.19. The molecule has 0 amide bonds. The monoisotopic (exact) mass is 256 g/mol. The molecule has 0 saturated heterocycles. The van der Waals surface area contributed by atoms with Crippen LogP contribution in [0, 0.1) is 6.92 Å². The maximum absolute atomic E-state index is 11.9. The molecular weight excluding hydrogens is 240 g/mol. The summed E-state index contributed by atoms with van der Waals surface area (Å²) in [7, 11) is -3.41. The van der Waals surface area contributed by atoms with Crippen molar-refractivity contribution in [1.82, 2.24) is 0 Å². The van der Waals surface area contributed by atoms with Gasteiger partial charge in [-0.1, -0.05) is 24.3 Å². The van der Waals surface area contributed by atoms with Gasteiger partial charge in [0.1, 0.15) is 0 Å². The van der Waals surface area contributed by atoms with Crippen molar-refractivity contribution in [2.45, 2.75) is 31.3 Å². The Morgan fingerprint density at radius 3 is 2.47 bits per heavy atom. The van der Waals surface area contributed by atoms with Gasteiger partial charge in [0.15, 0.2) is 9.84 Å². The molecular formula is C12H16O4S. The summed E-state index contributed by atoms with van der Waals surface area (Å²) in [6.45, 7) is 3.27. The lowest BCUT2D eigenvalue weighted by molar-refractivity contribution is -0.136. The number of aryl methyl sites for hydroxylation is 1. The number of carbonyl (C=O) groups is 1. The highest BCUT2D eigenvalue weighted by atomic mass is 32.2. The number of aliphatic carboxylic acids is 1. The Morgan fingerprint density at radius 1 is 1.35 bits per heavy atom. The Morgan fingerprint density at radius 2 is 1.94 bits per heavy atom. The van der Waals surface area contributed by atoms with Crippen LogP contribution in [0.25, 0.3) is 0 Å². The standard InChI is InChI=1S/C12H16O4S/c1-9-5-3-4-6-11(9)8-17(15,16)10(2)7-12(13)14/h3-6,10H,7-8H2,1-2H3,(H,13,14). The second kappa shape index (κ2) is 5.31. The number of rotatable bonds is 5. The Kier molecular flexibility index (Phi) is 4.28. The van der Waals surface area contributed by atoms with Crippen LogP contribution in [0.15, 0.2) is 24.3 Å². The average Bonchev–Trinajstić information content (AvgIpc) is 2.20. The Hall–Kier alpha value is -1.36. The smallest absolute Gasteiger partial charge is 0.304 e. The molecule has 4 nitrogen and oxygen atoms in total. The first-order valence-corrected chi connectivity index (χ1v) is 7.02. The fraction of sp³-hybridized carbons (Fsp3) is 0.417. The van der Waals surface area contributed by atoms with Gasteiger partial charge in [-0.3, -0.25) is 4.79 Å². The molecule has 5 heteroatoms. The SMILES string of the molecule is Cc1ccccc1CS(=O)(=O)C(C)CC(=O)O. The third-order valence-electron chi connectivity index (χ3n) is 2.69. The molecule has 1 rings (SSSR count). The van der Waals surface area contributed by atoms with Crippen LogP contribution in [0.2, 0.25) is 0 Å². The number of hydrogen-bond donors (Lipinski definition) is 1. The summed E-state index contributed by atoms with van der Waals surface area (Å²) in [6.07, 6.45) is -0.353. The highest BCUT2D eigenvalue weighted by Gasteiger charge is 2.24. The summed E-state index contributed by atoms with van der Waals surface area (Å²) in [6, 6.07) is 7.21. The van der Waals surface area contributed by atoms with Gasteiger partial charge in [0.05, 0.1) is 17.4 Å². The molecule has 0 spiro atoms. The highest BCUT2D eigenvalue weighted by Crippen LogP contribution is 2.16. The van der Waals surface area contributed by atoms with Crippen LogP contribution >= 0.6 is 0 Å². The fourth-order valence-electron chi connectivity index (χ4n) is 1.50. The lowest BCUT2D eigenvalue weighted by Gasteiger charge is -2.12. The quantitative estimate of drug-likeness (QED) is 0.871. The predicted octanol–water partition coefficient (Wildman–Crippen LogP) is 1.77. The van der Waals surface area contributed by atoms with Gasteiger partial charge in [-0.2, -0.15) is 0 Å². The first kappa shape index (κ1) is 13.7. The van der Waals surface area contributed by atoms with Gasteiger partial charge in [0.2, 0.25) is 0 Å². The van der Waals surface area contributed by atoms with Crippen molar-refractivity contribution in [2.24, 2.45) is 0 Å². The summed E-state index contributed by atoms with van der Waals surface area (Å²) in [5, 5.41) is 7.74. The van der Waals surface area contributed by atoms with Crippen LogP contribution in [-0.4, -0.2) is 24.7 Å². The van der Waals surface area contributed by atoms with Crippen LogP contribution in [0.3, 0.4) is 0 Å². The van der Waals surface area contributed by atoms with Crippen molar-refractivity contribution in [3.8, 4) is 0 Å². The molecule has 1 N–H and O–H groups in total. The number of benzene rings is 1. The molecule has 0 aliphatic rings. The number of sulfone groups is 1. The van der Waals surface area contributed by atoms with E-state index in [4.69, 9.17) is 5.11 Å². The van der Waals surface area contributed by atoms with Crippen LogP contribution in [0.5, 0.6) is 0 Å². The van der Waals surface area contributed by atoms with Gasteiger partial charge >= 0.3 is 5.97 Å². The van der Waals surface area contributed by atoms with Gasteiger partial charge < -0.3 is 5.11 Å². The van der Waals surface area contributed by atoms with E-state index in [1.807, 2.05) is 19.1 Å². The molecule has 0 saturated carbocycles. The van der Waals surface area contributed by atoms with Crippen LogP contribution < -0.4 is 0 Å². The second-order valence-electron chi connectivity index (χ2n) is 4.14. The zero-order valence-corrected chi connectivity index (χ0v) is 10.7. The van der Waals surface area contributed by atoms with Gasteiger partial charge in [-0.05, 0) is 25.0 Å². The predicted molar refractivity (Wildman–Crippen MR) is 65.5 cm³/mol. The van der Waals surface area contributed by atoms with Gasteiger partial charge in [-0.25, -0.2) is 8.42 Å². The zero-order chi connectivity index (χ0) is 13.1. The molecule has 94 valence electrons. The van der Waals surface area contributed by atoms with E-state index in [1.165, 1.54) is 6.92 Å². The zero-order valence-electron chi connectivity index (χ0n) is 9.88. The number of hydrogen-bond acceptors (Lipinski definition) is 3. The number of carboxylic acid groups (broad SMARTS) is 1. The van der Waals surface area contributed by atoms with Gasteiger partial charge in [0, 0.05) is 0 Å². The van der Waals surface area contributed by atoms with Crippen molar-refractivity contribution >= 4 is 15.8 Å². The number of carboxylic acids is 1. The highest BCUT2D eigenvalue weighted by molar-refractivity contribution is 7.91. The third-order valence-corrected chi connectivity index (χ3v) is 4.80. The van der Waals surface area contributed by atoms with Crippen LogP contribution in [-0.2, 0) is 20.4 Å². The Bertz CT molecular complexity index is 505. The maximum Gasteiger partial charge on any atom is 0.304 e. The molecule has 0 aliphatic carbocycles. The van der Waals surface area contributed by atoms with E-state index in [0.29, 0.717) is 0 Å². The summed E-state index contributed by atoms with van der Waals surface area (Å²) in [4.78, 5) is 10.5. The van der Waals surface area contributed by atoms with E-state index in [0.717, 1.165) is 11.1 Å². The fourth-order valence-corrected chi connectivity index (χ4v) is 2.94. The molecule has 0 fully saturated rings. The van der Waals surface area contributed by atoms with Crippen molar-refractivity contribution in [3.05, 3.63) is 35.4 Å². The van der Waals surface area contributed by atoms with E-state index in [-0.39, 0.29) is 12.2 Å². The van der Waals surface area contributed by atoms with E-state index in [2.05, 4.69) is 0 Å². The molecule has 0 aliphatic heterocycles. The normalized spacial score (nSPS) is 13.3. The molecule has 17 heavy (non-hydrogen) atoms. The molecule has 1 unspecified atom stereocenters. The molecule has 1 atom stereocenters. The van der Waals surface area contributed by atoms with E-state index < -0.39 is 21.1 Å².